The molecule has 0 aliphatic carbocycles. The summed E-state index contributed by atoms with van der Waals surface area (Å²) >= 11 is 2.94. The van der Waals surface area contributed by atoms with E-state index in [0.717, 1.165) is 0 Å². The Balaban J connectivity index is 3.31. The SMILES string of the molecule is O=C(O)OCCCC(Br)OC(=O)O. The summed E-state index contributed by atoms with van der Waals surface area (Å²) in [6.07, 6.45) is -1.96. The lowest BCUT2D eigenvalue weighted by Crippen LogP contribution is -2.11. The summed E-state index contributed by atoms with van der Waals surface area (Å²) in [6, 6.07) is 0. The Morgan fingerprint density at radius 1 is 1.31 bits per heavy atom. The van der Waals surface area contributed by atoms with Gasteiger partial charge in [-0.1, -0.05) is 0 Å². The summed E-state index contributed by atoms with van der Waals surface area (Å²) < 4.78 is 8.48. The molecule has 7 heteroatoms. The van der Waals surface area contributed by atoms with Crippen molar-refractivity contribution in [2.75, 3.05) is 6.61 Å². The van der Waals surface area contributed by atoms with Crippen molar-refractivity contribution in [3.63, 3.8) is 0 Å². The number of carbonyl (C=O) groups is 2. The van der Waals surface area contributed by atoms with Crippen molar-refractivity contribution in [1.29, 1.82) is 0 Å². The van der Waals surface area contributed by atoms with Crippen LogP contribution in [0.3, 0.4) is 0 Å². The molecule has 0 aliphatic rings. The minimum atomic E-state index is -1.37. The maximum atomic E-state index is 9.97. The highest BCUT2D eigenvalue weighted by atomic mass is 79.9. The molecule has 6 nitrogen and oxygen atoms in total. The largest absolute Gasteiger partial charge is 0.506 e. The number of hydrogen-bond donors (Lipinski definition) is 2. The summed E-state index contributed by atoms with van der Waals surface area (Å²) in [5, 5.41) is 15.6. The van der Waals surface area contributed by atoms with E-state index < -0.39 is 17.3 Å². The van der Waals surface area contributed by atoms with Gasteiger partial charge in [0.15, 0.2) is 5.01 Å². The maximum absolute atomic E-state index is 9.97. The van der Waals surface area contributed by atoms with Crippen LogP contribution in [0.15, 0.2) is 0 Å². The third kappa shape index (κ3) is 8.93. The van der Waals surface area contributed by atoms with E-state index in [2.05, 4.69) is 25.4 Å². The summed E-state index contributed by atoms with van der Waals surface area (Å²) in [5.41, 5.74) is 0. The molecule has 0 rings (SSSR count). The van der Waals surface area contributed by atoms with Crippen LogP contribution in [0.4, 0.5) is 9.59 Å². The van der Waals surface area contributed by atoms with Crippen molar-refractivity contribution in [1.82, 2.24) is 0 Å². The first-order chi connectivity index (χ1) is 6.02. The van der Waals surface area contributed by atoms with Crippen LogP contribution in [0.1, 0.15) is 12.8 Å². The molecular formula is C6H9BrO6. The molecule has 13 heavy (non-hydrogen) atoms. The topological polar surface area (TPSA) is 93.1 Å². The van der Waals surface area contributed by atoms with Crippen molar-refractivity contribution in [2.24, 2.45) is 0 Å². The lowest BCUT2D eigenvalue weighted by molar-refractivity contribution is 0.0707. The van der Waals surface area contributed by atoms with Gasteiger partial charge in [0.1, 0.15) is 0 Å². The molecule has 0 amide bonds. The van der Waals surface area contributed by atoms with Crippen LogP contribution in [0.25, 0.3) is 0 Å². The highest BCUT2D eigenvalue weighted by Crippen LogP contribution is 2.09. The zero-order valence-electron chi connectivity index (χ0n) is 6.60. The molecule has 0 spiro atoms. The van der Waals surface area contributed by atoms with Gasteiger partial charge in [-0.2, -0.15) is 0 Å². The molecule has 0 aromatic rings. The Morgan fingerprint density at radius 2 is 1.92 bits per heavy atom. The predicted molar refractivity (Wildman–Crippen MR) is 45.0 cm³/mol. The molecule has 0 saturated heterocycles. The second-order valence-electron chi connectivity index (χ2n) is 2.05. The minimum Gasteiger partial charge on any atom is -0.450 e. The highest BCUT2D eigenvalue weighted by Gasteiger charge is 2.08. The lowest BCUT2D eigenvalue weighted by atomic mass is 10.3. The molecule has 0 fully saturated rings. The number of hydrogen-bond acceptors (Lipinski definition) is 4. The Bertz CT molecular complexity index is 182. The molecular weight excluding hydrogens is 248 g/mol. The molecule has 1 atom stereocenters. The first kappa shape index (κ1) is 12.0. The fourth-order valence-electron chi connectivity index (χ4n) is 0.572. The predicted octanol–water partition coefficient (Wildman–Crippen LogP) is 1.88. The van der Waals surface area contributed by atoms with Crippen LogP contribution in [-0.4, -0.2) is 34.1 Å². The van der Waals surface area contributed by atoms with Crippen LogP contribution in [-0.2, 0) is 9.47 Å². The van der Waals surface area contributed by atoms with Crippen LogP contribution in [0, 0.1) is 0 Å². The molecule has 76 valence electrons. The fraction of sp³-hybridized carbons (Fsp3) is 0.667. The van der Waals surface area contributed by atoms with E-state index in [0.29, 0.717) is 12.8 Å². The first-order valence-corrected chi connectivity index (χ1v) is 4.33. The quantitative estimate of drug-likeness (QED) is 0.443. The van der Waals surface area contributed by atoms with Gasteiger partial charge in [0.2, 0.25) is 0 Å². The van der Waals surface area contributed by atoms with Gasteiger partial charge in [0, 0.05) is 0 Å². The Kier molecular flexibility index (Phi) is 6.03. The third-order valence-corrected chi connectivity index (χ3v) is 1.67. The van der Waals surface area contributed by atoms with E-state index in [1.54, 1.807) is 0 Å². The number of alkyl halides is 1. The zero-order valence-corrected chi connectivity index (χ0v) is 8.19. The minimum absolute atomic E-state index is 0.0282. The van der Waals surface area contributed by atoms with Gasteiger partial charge in [-0.15, -0.1) is 0 Å². The van der Waals surface area contributed by atoms with Crippen molar-refractivity contribution >= 4 is 28.2 Å². The molecule has 0 aliphatic heterocycles. The van der Waals surface area contributed by atoms with E-state index in [1.807, 2.05) is 0 Å². The summed E-state index contributed by atoms with van der Waals surface area (Å²) in [5.74, 6) is 0. The highest BCUT2D eigenvalue weighted by molar-refractivity contribution is 9.09. The van der Waals surface area contributed by atoms with E-state index in [1.165, 1.54) is 0 Å². The van der Waals surface area contributed by atoms with Gasteiger partial charge in [0.05, 0.1) is 6.61 Å². The van der Waals surface area contributed by atoms with Crippen LogP contribution >= 0.6 is 15.9 Å². The second kappa shape index (κ2) is 6.53. The van der Waals surface area contributed by atoms with Crippen molar-refractivity contribution in [3.05, 3.63) is 0 Å². The van der Waals surface area contributed by atoms with Crippen molar-refractivity contribution in [2.45, 2.75) is 17.9 Å². The molecule has 2 N–H and O–H groups in total. The van der Waals surface area contributed by atoms with E-state index >= 15 is 0 Å². The Labute approximate surface area is 82.6 Å². The fourth-order valence-corrected chi connectivity index (χ4v) is 1.06. The number of rotatable bonds is 5. The first-order valence-electron chi connectivity index (χ1n) is 3.41. The normalized spacial score (nSPS) is 11.8. The van der Waals surface area contributed by atoms with Gasteiger partial charge >= 0.3 is 12.3 Å². The van der Waals surface area contributed by atoms with Gasteiger partial charge in [-0.05, 0) is 28.8 Å². The van der Waals surface area contributed by atoms with E-state index in [-0.39, 0.29) is 6.61 Å². The Morgan fingerprint density at radius 3 is 2.38 bits per heavy atom. The van der Waals surface area contributed by atoms with E-state index in [9.17, 15) is 9.59 Å². The van der Waals surface area contributed by atoms with Crippen LogP contribution in [0.2, 0.25) is 0 Å². The second-order valence-corrected chi connectivity index (χ2v) is 3.07. The molecule has 0 saturated carbocycles. The lowest BCUT2D eigenvalue weighted by Gasteiger charge is -2.07. The average Bonchev–Trinajstić information content (AvgIpc) is 1.96. The molecule has 0 bridgehead atoms. The standard InChI is InChI=1S/C6H9BrO6/c7-4(13-6(10)11)2-1-3-12-5(8)9/h4H,1-3H2,(H,8,9)(H,10,11). The molecule has 0 aromatic carbocycles. The maximum Gasteiger partial charge on any atom is 0.506 e. The van der Waals surface area contributed by atoms with Crippen LogP contribution < -0.4 is 0 Å². The molecule has 1 unspecified atom stereocenters. The van der Waals surface area contributed by atoms with Gasteiger partial charge in [-0.25, -0.2) is 9.59 Å². The Hall–Kier alpha value is -0.980. The van der Waals surface area contributed by atoms with Gasteiger partial charge in [0.25, 0.3) is 0 Å². The van der Waals surface area contributed by atoms with E-state index in [4.69, 9.17) is 10.2 Å². The number of ether oxygens (including phenoxy) is 2. The smallest absolute Gasteiger partial charge is 0.450 e. The summed E-state index contributed by atoms with van der Waals surface area (Å²) in [4.78, 5) is 19.8. The van der Waals surface area contributed by atoms with Gasteiger partial charge < -0.3 is 19.7 Å². The van der Waals surface area contributed by atoms with Crippen molar-refractivity contribution in [3.8, 4) is 0 Å². The number of halogens is 1. The third-order valence-electron chi connectivity index (χ3n) is 1.03. The average molecular weight is 257 g/mol. The molecule has 0 heterocycles. The molecule has 0 aromatic heterocycles. The zero-order chi connectivity index (χ0) is 10.3. The number of carboxylic acid groups (broad SMARTS) is 2. The van der Waals surface area contributed by atoms with Crippen LogP contribution in [0.5, 0.6) is 0 Å². The van der Waals surface area contributed by atoms with Crippen molar-refractivity contribution < 1.29 is 29.3 Å². The molecule has 0 radical (unpaired) electrons. The van der Waals surface area contributed by atoms with Gasteiger partial charge in [-0.3, -0.25) is 0 Å². The summed E-state index contributed by atoms with van der Waals surface area (Å²) in [7, 11) is 0. The monoisotopic (exact) mass is 256 g/mol. The summed E-state index contributed by atoms with van der Waals surface area (Å²) in [6.45, 7) is 0.0282.